The molecule has 0 bridgehead atoms. The van der Waals surface area contributed by atoms with Crippen LogP contribution in [0.2, 0.25) is 0 Å². The van der Waals surface area contributed by atoms with E-state index in [1.807, 2.05) is 6.92 Å². The summed E-state index contributed by atoms with van der Waals surface area (Å²) in [5.41, 5.74) is 0. The quantitative estimate of drug-likeness (QED) is 0.903. The van der Waals surface area contributed by atoms with Gasteiger partial charge in [0, 0.05) is 18.7 Å². The molecule has 7 nitrogen and oxygen atoms in total. The molecule has 1 N–H and O–H groups in total. The fourth-order valence-electron chi connectivity index (χ4n) is 2.38. The highest BCUT2D eigenvalue weighted by Gasteiger charge is 2.37. The summed E-state index contributed by atoms with van der Waals surface area (Å²) < 4.78 is 37.4. The minimum absolute atomic E-state index is 0.0846. The Hall–Kier alpha value is -1.38. The van der Waals surface area contributed by atoms with Crippen molar-refractivity contribution in [2.75, 3.05) is 13.2 Å². The van der Waals surface area contributed by atoms with Crippen LogP contribution in [0.3, 0.4) is 0 Å². The molecule has 2 atom stereocenters. The highest BCUT2D eigenvalue weighted by molar-refractivity contribution is 7.89. The maximum atomic E-state index is 12.8. The number of furan rings is 1. The second-order valence-corrected chi connectivity index (χ2v) is 6.98. The second-order valence-electron chi connectivity index (χ2n) is 5.12. The van der Waals surface area contributed by atoms with Crippen molar-refractivity contribution in [3.63, 3.8) is 0 Å². The molecular formula is C13H19NO6S. The minimum atomic E-state index is -3.80. The Morgan fingerprint density at radius 2 is 2.19 bits per heavy atom. The van der Waals surface area contributed by atoms with Gasteiger partial charge >= 0.3 is 5.97 Å². The van der Waals surface area contributed by atoms with Gasteiger partial charge in [0.1, 0.15) is 10.7 Å². The van der Waals surface area contributed by atoms with Crippen molar-refractivity contribution < 1.29 is 27.5 Å². The Bertz CT molecular complexity index is 635. The van der Waals surface area contributed by atoms with Crippen molar-refractivity contribution in [1.29, 1.82) is 0 Å². The number of rotatable bonds is 4. The summed E-state index contributed by atoms with van der Waals surface area (Å²) in [6.07, 6.45) is 0.419. The topological polar surface area (TPSA) is 97.0 Å². The summed E-state index contributed by atoms with van der Waals surface area (Å²) in [6.45, 7) is 5.72. The molecule has 0 aliphatic carbocycles. The average molecular weight is 317 g/mol. The molecule has 1 saturated heterocycles. The molecule has 118 valence electrons. The first-order valence-corrected chi connectivity index (χ1v) is 8.18. The number of hydrogen-bond acceptors (Lipinski definition) is 5. The molecule has 8 heteroatoms. The number of carboxylic acid groups (broad SMARTS) is 1. The van der Waals surface area contributed by atoms with E-state index >= 15 is 0 Å². The zero-order valence-corrected chi connectivity index (χ0v) is 13.0. The number of sulfonamides is 1. The molecule has 0 aromatic carbocycles. The predicted octanol–water partition coefficient (Wildman–Crippen LogP) is 1.47. The number of aryl methyl sites for hydroxylation is 1. The monoisotopic (exact) mass is 317 g/mol. The number of ether oxygens (including phenoxy) is 1. The molecular weight excluding hydrogens is 298 g/mol. The van der Waals surface area contributed by atoms with Gasteiger partial charge in [-0.05, 0) is 20.3 Å². The molecule has 1 aliphatic rings. The molecule has 1 aromatic rings. The van der Waals surface area contributed by atoms with Crippen LogP contribution in [0, 0.1) is 6.92 Å². The molecule has 1 aromatic heterocycles. The zero-order chi connectivity index (χ0) is 15.8. The van der Waals surface area contributed by atoms with Crippen LogP contribution in [0.25, 0.3) is 0 Å². The predicted molar refractivity (Wildman–Crippen MR) is 73.8 cm³/mol. The molecule has 21 heavy (non-hydrogen) atoms. The highest BCUT2D eigenvalue weighted by Crippen LogP contribution is 2.28. The van der Waals surface area contributed by atoms with Crippen molar-refractivity contribution in [2.45, 2.75) is 44.2 Å². The summed E-state index contributed by atoms with van der Waals surface area (Å²) in [5, 5.41) is 8.92. The molecule has 0 spiro atoms. The third kappa shape index (κ3) is 2.97. The van der Waals surface area contributed by atoms with Gasteiger partial charge in [-0.3, -0.25) is 0 Å². The first-order valence-electron chi connectivity index (χ1n) is 6.74. The van der Waals surface area contributed by atoms with Crippen molar-refractivity contribution in [3.05, 3.63) is 17.6 Å². The minimum Gasteiger partial charge on any atom is -0.475 e. The lowest BCUT2D eigenvalue weighted by Crippen LogP contribution is -2.51. The van der Waals surface area contributed by atoms with Crippen LogP contribution in [0.1, 0.15) is 36.6 Å². The van der Waals surface area contributed by atoms with Crippen LogP contribution in [0.15, 0.2) is 15.4 Å². The molecule has 0 radical (unpaired) electrons. The number of carboxylic acids is 1. The van der Waals surface area contributed by atoms with Crippen LogP contribution < -0.4 is 0 Å². The lowest BCUT2D eigenvalue weighted by Gasteiger charge is -2.37. The van der Waals surface area contributed by atoms with E-state index in [1.165, 1.54) is 11.2 Å². The third-order valence-electron chi connectivity index (χ3n) is 3.56. The van der Waals surface area contributed by atoms with E-state index < -0.39 is 16.0 Å². The first kappa shape index (κ1) is 16.0. The zero-order valence-electron chi connectivity index (χ0n) is 12.2. The summed E-state index contributed by atoms with van der Waals surface area (Å²) in [7, 11) is -3.80. The lowest BCUT2D eigenvalue weighted by molar-refractivity contribution is -0.0230. The SMILES string of the molecule is CCC1COC(C)CN1S(=O)(=O)c1cc(C(=O)O)oc1C. The Kier molecular flexibility index (Phi) is 4.40. The first-order chi connectivity index (χ1) is 9.77. The fourth-order valence-corrected chi connectivity index (χ4v) is 4.30. The molecule has 2 heterocycles. The molecule has 0 amide bonds. The molecule has 0 saturated carbocycles. The Morgan fingerprint density at radius 3 is 2.71 bits per heavy atom. The van der Waals surface area contributed by atoms with Gasteiger partial charge < -0.3 is 14.3 Å². The second kappa shape index (κ2) is 5.78. The maximum absolute atomic E-state index is 12.8. The van der Waals surface area contributed by atoms with Gasteiger partial charge in [-0.1, -0.05) is 6.92 Å². The standard InChI is InChI=1S/C13H19NO6S/c1-4-10-7-19-8(2)6-14(10)21(17,18)12-5-11(13(15)16)20-9(12)3/h5,8,10H,4,6-7H2,1-3H3,(H,15,16). The summed E-state index contributed by atoms with van der Waals surface area (Å²) in [4.78, 5) is 10.8. The van der Waals surface area contributed by atoms with Gasteiger partial charge in [-0.2, -0.15) is 4.31 Å². The van der Waals surface area contributed by atoms with Gasteiger partial charge in [0.2, 0.25) is 15.8 Å². The number of hydrogen-bond donors (Lipinski definition) is 1. The normalized spacial score (nSPS) is 24.1. The van der Waals surface area contributed by atoms with E-state index in [2.05, 4.69) is 0 Å². The van der Waals surface area contributed by atoms with Crippen molar-refractivity contribution in [2.24, 2.45) is 0 Å². The van der Waals surface area contributed by atoms with E-state index in [0.29, 0.717) is 13.0 Å². The van der Waals surface area contributed by atoms with Crippen LogP contribution in [-0.4, -0.2) is 49.1 Å². The van der Waals surface area contributed by atoms with Crippen LogP contribution in [0.4, 0.5) is 0 Å². The van der Waals surface area contributed by atoms with Crippen molar-refractivity contribution in [1.82, 2.24) is 4.31 Å². The van der Waals surface area contributed by atoms with Crippen LogP contribution in [-0.2, 0) is 14.8 Å². The van der Waals surface area contributed by atoms with Gasteiger partial charge in [0.15, 0.2) is 0 Å². The summed E-state index contributed by atoms with van der Waals surface area (Å²) >= 11 is 0. The van der Waals surface area contributed by atoms with E-state index in [1.54, 1.807) is 6.92 Å². The van der Waals surface area contributed by atoms with Crippen molar-refractivity contribution in [3.8, 4) is 0 Å². The Balaban J connectivity index is 2.42. The Labute approximate surface area is 123 Å². The van der Waals surface area contributed by atoms with Gasteiger partial charge in [-0.15, -0.1) is 0 Å². The average Bonchev–Trinajstić information content (AvgIpc) is 2.81. The van der Waals surface area contributed by atoms with E-state index in [-0.39, 0.29) is 35.1 Å². The fraction of sp³-hybridized carbons (Fsp3) is 0.615. The largest absolute Gasteiger partial charge is 0.475 e. The number of aromatic carboxylic acids is 1. The van der Waals surface area contributed by atoms with Gasteiger partial charge in [0.25, 0.3) is 0 Å². The highest BCUT2D eigenvalue weighted by atomic mass is 32.2. The van der Waals surface area contributed by atoms with E-state index in [4.69, 9.17) is 14.3 Å². The molecule has 1 aliphatic heterocycles. The molecule has 2 rings (SSSR count). The smallest absolute Gasteiger partial charge is 0.371 e. The maximum Gasteiger partial charge on any atom is 0.371 e. The number of morpholine rings is 1. The molecule has 1 fully saturated rings. The van der Waals surface area contributed by atoms with Gasteiger partial charge in [-0.25, -0.2) is 13.2 Å². The molecule has 2 unspecified atom stereocenters. The Morgan fingerprint density at radius 1 is 1.52 bits per heavy atom. The van der Waals surface area contributed by atoms with E-state index in [0.717, 1.165) is 6.07 Å². The van der Waals surface area contributed by atoms with Crippen LogP contribution in [0.5, 0.6) is 0 Å². The number of nitrogens with zero attached hydrogens (tertiary/aromatic N) is 1. The lowest BCUT2D eigenvalue weighted by atomic mass is 10.2. The third-order valence-corrected chi connectivity index (χ3v) is 5.58. The summed E-state index contributed by atoms with van der Waals surface area (Å²) in [5.74, 6) is -1.58. The number of carbonyl (C=O) groups is 1. The van der Waals surface area contributed by atoms with Crippen LogP contribution >= 0.6 is 0 Å². The van der Waals surface area contributed by atoms with Crippen molar-refractivity contribution >= 4 is 16.0 Å². The van der Waals surface area contributed by atoms with E-state index in [9.17, 15) is 13.2 Å². The summed E-state index contributed by atoms with van der Waals surface area (Å²) in [6, 6.07) is 0.814. The van der Waals surface area contributed by atoms with Gasteiger partial charge in [0.05, 0.1) is 12.7 Å².